The minimum absolute atomic E-state index is 0.0316. The van der Waals surface area contributed by atoms with Crippen LogP contribution in [0.2, 0.25) is 0 Å². The molecule has 0 aromatic heterocycles. The van der Waals surface area contributed by atoms with Gasteiger partial charge in [0.1, 0.15) is 5.82 Å². The van der Waals surface area contributed by atoms with Crippen LogP contribution in [0, 0.1) is 41.3 Å². The third kappa shape index (κ3) is 3.72. The molecular weight excluding hydrogens is 385 g/mol. The molecule has 6 atom stereocenters. The van der Waals surface area contributed by atoms with Crippen LogP contribution in [0.5, 0.6) is 0 Å². The van der Waals surface area contributed by atoms with Crippen LogP contribution in [0.3, 0.4) is 0 Å². The fraction of sp³-hybridized carbons (Fsp3) is 0.400. The number of carbonyl (C=O) groups excluding carboxylic acids is 1. The zero-order chi connectivity index (χ0) is 21.3. The summed E-state index contributed by atoms with van der Waals surface area (Å²) in [6.45, 7) is 0.0316. The largest absolute Gasteiger partial charge is 0.481 e. The van der Waals surface area contributed by atoms with Crippen molar-refractivity contribution in [1.29, 1.82) is 0 Å². The van der Waals surface area contributed by atoms with Gasteiger partial charge in [-0.25, -0.2) is 4.39 Å². The Morgan fingerprint density at radius 1 is 0.828 bits per heavy atom. The SMILES string of the molecule is O=C(O)C1C2C=CC(C1C(=O)O)C(C(=O)NCCc1ccccc1F)C2C(=O)O. The topological polar surface area (TPSA) is 141 Å². The Kier molecular flexibility index (Phi) is 5.67. The first-order valence-electron chi connectivity index (χ1n) is 9.12. The molecule has 0 spiro atoms. The number of carboxylic acid groups (broad SMARTS) is 3. The third-order valence-electron chi connectivity index (χ3n) is 5.80. The molecule has 0 aliphatic heterocycles. The quantitative estimate of drug-likeness (QED) is 0.496. The molecule has 1 saturated carbocycles. The third-order valence-corrected chi connectivity index (χ3v) is 5.80. The van der Waals surface area contributed by atoms with E-state index in [9.17, 15) is 38.9 Å². The second-order valence-corrected chi connectivity index (χ2v) is 7.29. The summed E-state index contributed by atoms with van der Waals surface area (Å²) in [5.41, 5.74) is 0.377. The van der Waals surface area contributed by atoms with Crippen molar-refractivity contribution < 1.29 is 38.9 Å². The van der Waals surface area contributed by atoms with Crippen molar-refractivity contribution in [2.75, 3.05) is 6.54 Å². The Labute approximate surface area is 165 Å². The second kappa shape index (κ2) is 8.02. The van der Waals surface area contributed by atoms with Gasteiger partial charge in [-0.05, 0) is 18.1 Å². The molecule has 0 saturated heterocycles. The number of amides is 1. The number of benzene rings is 1. The lowest BCUT2D eigenvalue weighted by molar-refractivity contribution is -0.173. The lowest BCUT2D eigenvalue weighted by atomic mass is 9.53. The van der Waals surface area contributed by atoms with E-state index < -0.39 is 65.1 Å². The van der Waals surface area contributed by atoms with Gasteiger partial charge in [0.25, 0.3) is 0 Å². The van der Waals surface area contributed by atoms with Crippen LogP contribution in [0.1, 0.15) is 5.56 Å². The molecule has 9 heteroatoms. The summed E-state index contributed by atoms with van der Waals surface area (Å²) >= 11 is 0. The fourth-order valence-electron chi connectivity index (χ4n) is 4.57. The number of aliphatic carboxylic acids is 3. The van der Waals surface area contributed by atoms with Crippen molar-refractivity contribution in [1.82, 2.24) is 5.32 Å². The van der Waals surface area contributed by atoms with E-state index in [2.05, 4.69) is 5.32 Å². The number of carboxylic acids is 3. The van der Waals surface area contributed by atoms with Gasteiger partial charge in [-0.15, -0.1) is 0 Å². The lowest BCUT2D eigenvalue weighted by Gasteiger charge is -2.48. The maximum absolute atomic E-state index is 13.7. The number of hydrogen-bond donors (Lipinski definition) is 4. The minimum atomic E-state index is -1.42. The lowest BCUT2D eigenvalue weighted by Crippen LogP contribution is -2.59. The number of hydrogen-bond acceptors (Lipinski definition) is 4. The molecule has 154 valence electrons. The summed E-state index contributed by atoms with van der Waals surface area (Å²) in [6, 6.07) is 6.02. The Bertz CT molecular complexity index is 883. The molecule has 1 fully saturated rings. The molecule has 1 aromatic rings. The highest BCUT2D eigenvalue weighted by atomic mass is 19.1. The zero-order valence-electron chi connectivity index (χ0n) is 15.2. The highest BCUT2D eigenvalue weighted by molar-refractivity contribution is 5.90. The number of fused-ring (bicyclic) bond motifs is 2. The summed E-state index contributed by atoms with van der Waals surface area (Å²) in [4.78, 5) is 48.0. The van der Waals surface area contributed by atoms with E-state index in [-0.39, 0.29) is 13.0 Å². The number of halogens is 1. The van der Waals surface area contributed by atoms with E-state index in [1.807, 2.05) is 0 Å². The minimum Gasteiger partial charge on any atom is -0.481 e. The molecule has 3 aliphatic carbocycles. The van der Waals surface area contributed by atoms with E-state index in [1.54, 1.807) is 12.1 Å². The van der Waals surface area contributed by atoms with Crippen molar-refractivity contribution in [2.45, 2.75) is 6.42 Å². The fourth-order valence-corrected chi connectivity index (χ4v) is 4.57. The van der Waals surface area contributed by atoms with Crippen LogP contribution in [0.15, 0.2) is 36.4 Å². The molecule has 4 rings (SSSR count). The number of carbonyl (C=O) groups is 4. The molecule has 6 unspecified atom stereocenters. The van der Waals surface area contributed by atoms with E-state index in [4.69, 9.17) is 0 Å². The predicted molar refractivity (Wildman–Crippen MR) is 96.1 cm³/mol. The van der Waals surface area contributed by atoms with Gasteiger partial charge in [0, 0.05) is 18.4 Å². The Morgan fingerprint density at radius 2 is 1.31 bits per heavy atom. The van der Waals surface area contributed by atoms with E-state index >= 15 is 0 Å². The average molecular weight is 405 g/mol. The van der Waals surface area contributed by atoms with Gasteiger partial charge in [0.2, 0.25) is 5.91 Å². The first-order valence-corrected chi connectivity index (χ1v) is 9.12. The smallest absolute Gasteiger partial charge is 0.308 e. The van der Waals surface area contributed by atoms with Crippen LogP contribution in [0.25, 0.3) is 0 Å². The van der Waals surface area contributed by atoms with Crippen LogP contribution in [0.4, 0.5) is 4.39 Å². The molecule has 8 nitrogen and oxygen atoms in total. The van der Waals surface area contributed by atoms with E-state index in [0.717, 1.165) is 0 Å². The molecule has 2 bridgehead atoms. The van der Waals surface area contributed by atoms with Crippen molar-refractivity contribution in [2.24, 2.45) is 35.5 Å². The summed E-state index contributed by atoms with van der Waals surface area (Å²) in [5.74, 6) is -12.8. The molecule has 0 heterocycles. The molecule has 1 aromatic carbocycles. The molecule has 29 heavy (non-hydrogen) atoms. The molecule has 1 amide bonds. The summed E-state index contributed by atoms with van der Waals surface area (Å²) < 4.78 is 13.7. The Balaban J connectivity index is 1.81. The molecule has 3 aliphatic rings. The molecule has 4 N–H and O–H groups in total. The van der Waals surface area contributed by atoms with Gasteiger partial charge in [-0.1, -0.05) is 30.4 Å². The van der Waals surface area contributed by atoms with Gasteiger partial charge in [0.05, 0.1) is 23.7 Å². The van der Waals surface area contributed by atoms with Crippen LogP contribution < -0.4 is 5.32 Å². The number of allylic oxidation sites excluding steroid dienone is 2. The standard InChI is InChI=1S/C20H20FNO7/c21-12-4-2-1-3-9(12)7-8-22-17(23)13-10-5-6-11(14(13)18(24)25)16(20(28)29)15(10)19(26)27/h1-6,10-11,13-16H,7-8H2,(H,22,23)(H,24,25)(H,26,27)(H,28,29). The number of rotatable bonds is 7. The highest BCUT2D eigenvalue weighted by Crippen LogP contribution is 2.51. The summed E-state index contributed by atoms with van der Waals surface area (Å²) in [6.07, 6.45) is 3.00. The molecule has 0 radical (unpaired) electrons. The van der Waals surface area contributed by atoms with Crippen LogP contribution >= 0.6 is 0 Å². The molecular formula is C20H20FNO7. The van der Waals surface area contributed by atoms with E-state index in [1.165, 1.54) is 24.3 Å². The summed E-state index contributed by atoms with van der Waals surface area (Å²) in [7, 11) is 0. The van der Waals surface area contributed by atoms with Crippen molar-refractivity contribution in [3.8, 4) is 0 Å². The van der Waals surface area contributed by atoms with Crippen molar-refractivity contribution in [3.05, 3.63) is 47.8 Å². The second-order valence-electron chi connectivity index (χ2n) is 7.29. The first kappa shape index (κ1) is 20.5. The van der Waals surface area contributed by atoms with Crippen LogP contribution in [-0.2, 0) is 25.6 Å². The van der Waals surface area contributed by atoms with Gasteiger partial charge < -0.3 is 20.6 Å². The van der Waals surface area contributed by atoms with Gasteiger partial charge in [-0.3, -0.25) is 19.2 Å². The first-order chi connectivity index (χ1) is 13.7. The van der Waals surface area contributed by atoms with Gasteiger partial charge >= 0.3 is 17.9 Å². The Morgan fingerprint density at radius 3 is 1.83 bits per heavy atom. The monoisotopic (exact) mass is 405 g/mol. The van der Waals surface area contributed by atoms with Crippen molar-refractivity contribution >= 4 is 23.8 Å². The maximum Gasteiger partial charge on any atom is 0.308 e. The van der Waals surface area contributed by atoms with Gasteiger partial charge in [0.15, 0.2) is 0 Å². The predicted octanol–water partition coefficient (Wildman–Crippen LogP) is 1.02. The van der Waals surface area contributed by atoms with Gasteiger partial charge in [-0.2, -0.15) is 0 Å². The highest BCUT2D eigenvalue weighted by Gasteiger charge is 2.60. The average Bonchev–Trinajstić information content (AvgIpc) is 2.67. The zero-order valence-corrected chi connectivity index (χ0v) is 15.2. The van der Waals surface area contributed by atoms with Crippen molar-refractivity contribution in [3.63, 3.8) is 0 Å². The van der Waals surface area contributed by atoms with Crippen LogP contribution in [-0.4, -0.2) is 45.7 Å². The summed E-state index contributed by atoms with van der Waals surface area (Å²) in [5, 5.41) is 31.2. The Hall–Kier alpha value is -3.23. The normalized spacial score (nSPS) is 30.0. The maximum atomic E-state index is 13.7. The van der Waals surface area contributed by atoms with E-state index in [0.29, 0.717) is 5.56 Å². The number of nitrogens with one attached hydrogen (secondary N) is 1.